The van der Waals surface area contributed by atoms with Crippen LogP contribution in [0, 0.1) is 0 Å². The average Bonchev–Trinajstić information content (AvgIpc) is 3.02. The lowest BCUT2D eigenvalue weighted by atomic mass is 10.1. The summed E-state index contributed by atoms with van der Waals surface area (Å²) in [7, 11) is 1.52. The smallest absolute Gasteiger partial charge is 0.351 e. The Balaban J connectivity index is 2.01. The van der Waals surface area contributed by atoms with Crippen LogP contribution in [0.4, 0.5) is 0 Å². The molecular formula is C21H24N4O4. The van der Waals surface area contributed by atoms with Gasteiger partial charge in [-0.2, -0.15) is 4.68 Å². The Morgan fingerprint density at radius 2 is 1.86 bits per heavy atom. The number of aromatic nitrogens is 3. The number of nitrogens with one attached hydrogen (secondary N) is 1. The number of rotatable bonds is 8. The molecule has 152 valence electrons. The predicted octanol–water partition coefficient (Wildman–Crippen LogP) is 1.13. The summed E-state index contributed by atoms with van der Waals surface area (Å²) in [5, 5.41) is 16.5. The molecule has 8 nitrogen and oxygen atoms in total. The molecule has 3 aromatic rings. The molecule has 1 amide bonds. The van der Waals surface area contributed by atoms with Gasteiger partial charge in [-0.25, -0.2) is 4.79 Å². The van der Waals surface area contributed by atoms with Gasteiger partial charge in [0.05, 0.1) is 13.2 Å². The highest BCUT2D eigenvalue weighted by molar-refractivity contribution is 5.75. The van der Waals surface area contributed by atoms with Crippen LogP contribution in [0.15, 0.2) is 59.4 Å². The fraction of sp³-hybridized carbons (Fsp3) is 0.286. The van der Waals surface area contributed by atoms with Crippen molar-refractivity contribution in [2.75, 3.05) is 13.7 Å². The summed E-state index contributed by atoms with van der Waals surface area (Å²) in [6.07, 6.45) is -0.280. The van der Waals surface area contributed by atoms with E-state index >= 15 is 0 Å². The summed E-state index contributed by atoms with van der Waals surface area (Å²) in [4.78, 5) is 25.4. The molecule has 0 unspecified atom stereocenters. The van der Waals surface area contributed by atoms with Crippen molar-refractivity contribution in [2.45, 2.75) is 26.0 Å². The predicted molar refractivity (Wildman–Crippen MR) is 108 cm³/mol. The molecule has 29 heavy (non-hydrogen) atoms. The molecular weight excluding hydrogens is 372 g/mol. The van der Waals surface area contributed by atoms with E-state index in [0.29, 0.717) is 23.7 Å². The van der Waals surface area contributed by atoms with E-state index in [-0.39, 0.29) is 19.0 Å². The van der Waals surface area contributed by atoms with E-state index in [0.717, 1.165) is 5.56 Å². The van der Waals surface area contributed by atoms with Crippen molar-refractivity contribution in [2.24, 2.45) is 0 Å². The van der Waals surface area contributed by atoms with Gasteiger partial charge in [0.2, 0.25) is 5.91 Å². The lowest BCUT2D eigenvalue weighted by Gasteiger charge is -2.08. The topological polar surface area (TPSA) is 98.4 Å². The summed E-state index contributed by atoms with van der Waals surface area (Å²) >= 11 is 0. The van der Waals surface area contributed by atoms with Crippen molar-refractivity contribution < 1.29 is 14.6 Å². The lowest BCUT2D eigenvalue weighted by molar-refractivity contribution is -0.122. The number of hydrogen-bond acceptors (Lipinski definition) is 5. The first kappa shape index (κ1) is 20.3. The van der Waals surface area contributed by atoms with Gasteiger partial charge in [-0.1, -0.05) is 42.5 Å². The summed E-state index contributed by atoms with van der Waals surface area (Å²) < 4.78 is 7.95. The van der Waals surface area contributed by atoms with Crippen LogP contribution in [0.25, 0.3) is 5.69 Å². The maximum Gasteiger partial charge on any atom is 0.351 e. The second-order valence-corrected chi connectivity index (χ2v) is 6.68. The van der Waals surface area contributed by atoms with E-state index in [9.17, 15) is 14.7 Å². The van der Waals surface area contributed by atoms with Crippen LogP contribution in [-0.2, 0) is 17.8 Å². The summed E-state index contributed by atoms with van der Waals surface area (Å²) in [5.74, 6) is 0.588. The monoisotopic (exact) mass is 396 g/mol. The van der Waals surface area contributed by atoms with Crippen molar-refractivity contribution in [3.8, 4) is 11.4 Å². The Kier molecular flexibility index (Phi) is 6.46. The van der Waals surface area contributed by atoms with Crippen molar-refractivity contribution in [1.29, 1.82) is 0 Å². The zero-order valence-corrected chi connectivity index (χ0v) is 16.4. The molecule has 0 saturated carbocycles. The molecule has 0 aliphatic rings. The van der Waals surface area contributed by atoms with Gasteiger partial charge in [0.15, 0.2) is 0 Å². The van der Waals surface area contributed by atoms with Gasteiger partial charge in [0, 0.05) is 13.0 Å². The summed E-state index contributed by atoms with van der Waals surface area (Å²) in [6, 6.07) is 16.7. The fourth-order valence-corrected chi connectivity index (χ4v) is 2.93. The van der Waals surface area contributed by atoms with Gasteiger partial charge in [-0.3, -0.25) is 9.36 Å². The maximum absolute atomic E-state index is 13.1. The maximum atomic E-state index is 13.1. The third kappa shape index (κ3) is 4.91. The van der Waals surface area contributed by atoms with Crippen molar-refractivity contribution in [3.63, 3.8) is 0 Å². The molecule has 0 spiro atoms. The van der Waals surface area contributed by atoms with Crippen molar-refractivity contribution in [1.82, 2.24) is 19.7 Å². The van der Waals surface area contributed by atoms with E-state index < -0.39 is 11.8 Å². The van der Waals surface area contributed by atoms with Crippen molar-refractivity contribution in [3.05, 3.63) is 76.5 Å². The van der Waals surface area contributed by atoms with Crippen LogP contribution in [0.2, 0.25) is 0 Å². The van der Waals surface area contributed by atoms with Gasteiger partial charge >= 0.3 is 5.69 Å². The highest BCUT2D eigenvalue weighted by Gasteiger charge is 2.19. The number of para-hydroxylation sites is 2. The van der Waals surface area contributed by atoms with Crippen LogP contribution in [0.5, 0.6) is 5.75 Å². The van der Waals surface area contributed by atoms with Gasteiger partial charge in [0.1, 0.15) is 23.8 Å². The van der Waals surface area contributed by atoms with Crippen LogP contribution in [0.1, 0.15) is 18.3 Å². The van der Waals surface area contributed by atoms with E-state index in [1.807, 2.05) is 30.3 Å². The number of hydrogen-bond donors (Lipinski definition) is 2. The number of ether oxygens (including phenoxy) is 1. The van der Waals surface area contributed by atoms with Gasteiger partial charge < -0.3 is 15.2 Å². The minimum absolute atomic E-state index is 0.113. The third-order valence-corrected chi connectivity index (χ3v) is 4.35. The highest BCUT2D eigenvalue weighted by Crippen LogP contribution is 2.20. The average molecular weight is 396 g/mol. The molecule has 0 radical (unpaired) electrons. The normalized spacial score (nSPS) is 11.8. The highest BCUT2D eigenvalue weighted by atomic mass is 16.5. The molecule has 0 fully saturated rings. The minimum atomic E-state index is -0.671. The molecule has 1 aromatic heterocycles. The minimum Gasteiger partial charge on any atom is -0.494 e. The number of amides is 1. The van der Waals surface area contributed by atoms with Crippen LogP contribution >= 0.6 is 0 Å². The van der Waals surface area contributed by atoms with E-state index in [4.69, 9.17) is 4.74 Å². The van der Waals surface area contributed by atoms with E-state index in [1.165, 1.54) is 16.4 Å². The van der Waals surface area contributed by atoms with Gasteiger partial charge in [-0.15, -0.1) is 5.10 Å². The molecule has 0 aliphatic heterocycles. The number of aliphatic hydroxyl groups excluding tert-OH is 1. The standard InChI is InChI=1S/C21H24N4O4/c1-15(26)13-22-20(27)14-24-19(12-16-8-4-3-5-9-16)23-25(21(24)28)17-10-6-7-11-18(17)29-2/h3-11,15,26H,12-14H2,1-2H3,(H,22,27)/t15-/m0/s1. The Hall–Kier alpha value is -3.39. The number of benzene rings is 2. The van der Waals surface area contributed by atoms with Gasteiger partial charge in [-0.05, 0) is 24.6 Å². The van der Waals surface area contributed by atoms with E-state index in [2.05, 4.69) is 10.4 Å². The zero-order valence-electron chi connectivity index (χ0n) is 16.4. The first-order valence-corrected chi connectivity index (χ1v) is 9.30. The number of aliphatic hydroxyl groups is 1. The molecule has 1 heterocycles. The lowest BCUT2D eigenvalue weighted by Crippen LogP contribution is -2.36. The summed E-state index contributed by atoms with van der Waals surface area (Å²) in [6.45, 7) is 1.50. The quantitative estimate of drug-likeness (QED) is 0.595. The molecule has 0 bridgehead atoms. The van der Waals surface area contributed by atoms with Crippen LogP contribution in [-0.4, -0.2) is 45.1 Å². The molecule has 1 atom stereocenters. The molecule has 2 N–H and O–H groups in total. The molecule has 2 aromatic carbocycles. The fourth-order valence-electron chi connectivity index (χ4n) is 2.93. The first-order valence-electron chi connectivity index (χ1n) is 9.30. The summed E-state index contributed by atoms with van der Waals surface area (Å²) in [5.41, 5.74) is 1.03. The first-order chi connectivity index (χ1) is 14.0. The Labute approximate surface area is 168 Å². The number of nitrogens with zero attached hydrogens (tertiary/aromatic N) is 3. The molecule has 0 aliphatic carbocycles. The van der Waals surface area contributed by atoms with Crippen LogP contribution < -0.4 is 15.7 Å². The van der Waals surface area contributed by atoms with Crippen molar-refractivity contribution >= 4 is 5.91 Å². The number of methoxy groups -OCH3 is 1. The zero-order chi connectivity index (χ0) is 20.8. The van der Waals surface area contributed by atoms with Gasteiger partial charge in [0.25, 0.3) is 0 Å². The second-order valence-electron chi connectivity index (χ2n) is 6.68. The third-order valence-electron chi connectivity index (χ3n) is 4.35. The molecule has 8 heteroatoms. The van der Waals surface area contributed by atoms with Crippen LogP contribution in [0.3, 0.4) is 0 Å². The SMILES string of the molecule is COc1ccccc1-n1nc(Cc2ccccc2)n(CC(=O)NC[C@H](C)O)c1=O. The molecule has 0 saturated heterocycles. The molecule has 3 rings (SSSR count). The largest absolute Gasteiger partial charge is 0.494 e. The Morgan fingerprint density at radius 1 is 1.17 bits per heavy atom. The van der Waals surface area contributed by atoms with E-state index in [1.54, 1.807) is 31.2 Å². The second kappa shape index (κ2) is 9.20. The Bertz CT molecular complexity index is 1020. The number of carbonyl (C=O) groups is 1. The Morgan fingerprint density at radius 3 is 2.55 bits per heavy atom. The number of carbonyl (C=O) groups excluding carboxylic acids is 1.